The second-order valence-electron chi connectivity index (χ2n) is 5.09. The Hall–Kier alpha value is -0.590. The predicted molar refractivity (Wildman–Crippen MR) is 63.0 cm³/mol. The molecule has 0 N–H and O–H groups in total. The average Bonchev–Trinajstić information content (AvgIpc) is 2.40. The first-order valence-corrected chi connectivity index (χ1v) is 6.55. The largest absolute Gasteiger partial charge is 0.379 e. The van der Waals surface area contributed by atoms with E-state index in [-0.39, 0.29) is 5.54 Å². The Morgan fingerprint density at radius 1 is 1.31 bits per heavy atom. The van der Waals surface area contributed by atoms with Gasteiger partial charge in [-0.25, -0.2) is 0 Å². The van der Waals surface area contributed by atoms with Gasteiger partial charge in [-0.3, -0.25) is 4.90 Å². The van der Waals surface area contributed by atoms with E-state index in [1.54, 1.807) is 0 Å². The van der Waals surface area contributed by atoms with Crippen LogP contribution < -0.4 is 0 Å². The maximum atomic E-state index is 9.52. The first-order valence-electron chi connectivity index (χ1n) is 6.55. The summed E-state index contributed by atoms with van der Waals surface area (Å²) in [5, 5.41) is 9.52. The minimum Gasteiger partial charge on any atom is -0.379 e. The van der Waals surface area contributed by atoms with Crippen LogP contribution in [0.25, 0.3) is 0 Å². The summed E-state index contributed by atoms with van der Waals surface area (Å²) in [6.07, 6.45) is 5.83. The molecule has 0 amide bonds. The van der Waals surface area contributed by atoms with Crippen LogP contribution in [0.3, 0.4) is 0 Å². The van der Waals surface area contributed by atoms with Crippen LogP contribution in [0.5, 0.6) is 0 Å². The van der Waals surface area contributed by atoms with Gasteiger partial charge in [0.1, 0.15) is 5.54 Å². The monoisotopic (exact) mass is 222 g/mol. The zero-order chi connectivity index (χ0) is 11.4. The molecule has 90 valence electrons. The summed E-state index contributed by atoms with van der Waals surface area (Å²) in [5.41, 5.74) is -0.171. The molecule has 1 aliphatic carbocycles. The summed E-state index contributed by atoms with van der Waals surface area (Å²) in [4.78, 5) is 2.36. The molecule has 2 fully saturated rings. The third-order valence-electron chi connectivity index (χ3n) is 4.33. The molecule has 0 spiro atoms. The van der Waals surface area contributed by atoms with E-state index in [1.807, 2.05) is 0 Å². The highest BCUT2D eigenvalue weighted by atomic mass is 16.5. The van der Waals surface area contributed by atoms with Gasteiger partial charge in [-0.05, 0) is 31.6 Å². The lowest BCUT2D eigenvalue weighted by atomic mass is 9.75. The van der Waals surface area contributed by atoms with Crippen molar-refractivity contribution in [2.45, 2.75) is 44.6 Å². The highest BCUT2D eigenvalue weighted by Crippen LogP contribution is 2.37. The van der Waals surface area contributed by atoms with Gasteiger partial charge >= 0.3 is 0 Å². The summed E-state index contributed by atoms with van der Waals surface area (Å²) in [7, 11) is 0. The van der Waals surface area contributed by atoms with Gasteiger partial charge in [0.2, 0.25) is 0 Å². The molecule has 1 saturated carbocycles. The zero-order valence-corrected chi connectivity index (χ0v) is 10.2. The minimum absolute atomic E-state index is 0.171. The van der Waals surface area contributed by atoms with Crippen molar-refractivity contribution in [2.24, 2.45) is 5.92 Å². The Labute approximate surface area is 98.4 Å². The van der Waals surface area contributed by atoms with E-state index in [9.17, 15) is 5.26 Å². The Morgan fingerprint density at radius 2 is 1.94 bits per heavy atom. The fourth-order valence-electron chi connectivity index (χ4n) is 3.05. The van der Waals surface area contributed by atoms with Gasteiger partial charge in [-0.1, -0.05) is 13.3 Å². The number of hydrogen-bond donors (Lipinski definition) is 0. The second kappa shape index (κ2) is 5.16. The molecular weight excluding hydrogens is 200 g/mol. The molecule has 0 bridgehead atoms. The third kappa shape index (κ3) is 2.23. The van der Waals surface area contributed by atoms with Crippen molar-refractivity contribution in [3.8, 4) is 6.07 Å². The lowest BCUT2D eigenvalue weighted by Crippen LogP contribution is -2.54. The SMILES string of the molecule is CCC1CCC(C#N)(N2CCOCC2)CC1. The molecule has 0 unspecified atom stereocenters. The van der Waals surface area contributed by atoms with E-state index < -0.39 is 0 Å². The number of nitriles is 1. The molecule has 0 aromatic rings. The van der Waals surface area contributed by atoms with Crippen molar-refractivity contribution in [1.82, 2.24) is 4.90 Å². The van der Waals surface area contributed by atoms with Crippen LogP contribution in [-0.2, 0) is 4.74 Å². The summed E-state index contributed by atoms with van der Waals surface area (Å²) in [5.74, 6) is 0.850. The van der Waals surface area contributed by atoms with Crippen molar-refractivity contribution < 1.29 is 4.74 Å². The molecule has 2 aliphatic rings. The molecule has 0 atom stereocenters. The molecule has 1 aliphatic heterocycles. The molecule has 3 nitrogen and oxygen atoms in total. The smallest absolute Gasteiger partial charge is 0.109 e. The number of morpholine rings is 1. The van der Waals surface area contributed by atoms with Gasteiger partial charge in [0.15, 0.2) is 0 Å². The van der Waals surface area contributed by atoms with Gasteiger partial charge in [0, 0.05) is 13.1 Å². The van der Waals surface area contributed by atoms with Crippen LogP contribution >= 0.6 is 0 Å². The molecule has 3 heteroatoms. The van der Waals surface area contributed by atoms with Crippen LogP contribution in [0, 0.1) is 17.2 Å². The van der Waals surface area contributed by atoms with Crippen molar-refractivity contribution in [3.05, 3.63) is 0 Å². The first-order chi connectivity index (χ1) is 7.80. The van der Waals surface area contributed by atoms with Gasteiger partial charge in [0.25, 0.3) is 0 Å². The normalized spacial score (nSPS) is 36.9. The van der Waals surface area contributed by atoms with E-state index in [2.05, 4.69) is 17.9 Å². The number of ether oxygens (including phenoxy) is 1. The van der Waals surface area contributed by atoms with E-state index in [0.29, 0.717) is 0 Å². The Kier molecular flexibility index (Phi) is 3.83. The number of nitrogens with zero attached hydrogens (tertiary/aromatic N) is 2. The van der Waals surface area contributed by atoms with Gasteiger partial charge in [-0.15, -0.1) is 0 Å². The second-order valence-corrected chi connectivity index (χ2v) is 5.09. The minimum atomic E-state index is -0.171. The van der Waals surface area contributed by atoms with Crippen LogP contribution in [0.2, 0.25) is 0 Å². The van der Waals surface area contributed by atoms with Crippen LogP contribution in [-0.4, -0.2) is 36.7 Å². The number of hydrogen-bond acceptors (Lipinski definition) is 3. The average molecular weight is 222 g/mol. The van der Waals surface area contributed by atoms with E-state index in [4.69, 9.17) is 4.74 Å². The molecule has 0 aromatic carbocycles. The topological polar surface area (TPSA) is 36.3 Å². The predicted octanol–water partition coefficient (Wildman–Crippen LogP) is 2.18. The molecular formula is C13H22N2O. The Bertz CT molecular complexity index is 258. The lowest BCUT2D eigenvalue weighted by Gasteiger charge is -2.44. The zero-order valence-electron chi connectivity index (χ0n) is 10.2. The molecule has 16 heavy (non-hydrogen) atoms. The van der Waals surface area contributed by atoms with Crippen molar-refractivity contribution >= 4 is 0 Å². The number of rotatable bonds is 2. The quantitative estimate of drug-likeness (QED) is 0.718. The summed E-state index contributed by atoms with van der Waals surface area (Å²) >= 11 is 0. The Balaban J connectivity index is 2.00. The van der Waals surface area contributed by atoms with E-state index in [0.717, 1.165) is 45.1 Å². The fraction of sp³-hybridized carbons (Fsp3) is 0.923. The maximum Gasteiger partial charge on any atom is 0.109 e. The van der Waals surface area contributed by atoms with Crippen LogP contribution in [0.4, 0.5) is 0 Å². The van der Waals surface area contributed by atoms with E-state index in [1.165, 1.54) is 19.3 Å². The van der Waals surface area contributed by atoms with Gasteiger partial charge < -0.3 is 4.74 Å². The van der Waals surface area contributed by atoms with Crippen molar-refractivity contribution in [2.75, 3.05) is 26.3 Å². The third-order valence-corrected chi connectivity index (χ3v) is 4.33. The van der Waals surface area contributed by atoms with Gasteiger partial charge in [0.05, 0.1) is 19.3 Å². The summed E-state index contributed by atoms with van der Waals surface area (Å²) in [6.45, 7) is 5.72. The standard InChI is InChI=1S/C13H22N2O/c1-2-12-3-5-13(11-14,6-4-12)15-7-9-16-10-8-15/h12H,2-10H2,1H3. The first kappa shape index (κ1) is 11.9. The Morgan fingerprint density at radius 3 is 2.44 bits per heavy atom. The van der Waals surface area contributed by atoms with E-state index >= 15 is 0 Å². The van der Waals surface area contributed by atoms with Crippen LogP contribution in [0.15, 0.2) is 0 Å². The molecule has 2 rings (SSSR count). The maximum absolute atomic E-state index is 9.52. The molecule has 1 heterocycles. The highest BCUT2D eigenvalue weighted by Gasteiger charge is 2.40. The summed E-state index contributed by atoms with van der Waals surface area (Å²) < 4.78 is 5.37. The molecule has 1 saturated heterocycles. The highest BCUT2D eigenvalue weighted by molar-refractivity contribution is 5.10. The molecule has 0 aromatic heterocycles. The van der Waals surface area contributed by atoms with Crippen molar-refractivity contribution in [1.29, 1.82) is 5.26 Å². The van der Waals surface area contributed by atoms with Crippen LogP contribution in [0.1, 0.15) is 39.0 Å². The fourth-order valence-corrected chi connectivity index (χ4v) is 3.05. The lowest BCUT2D eigenvalue weighted by molar-refractivity contribution is -0.0198. The van der Waals surface area contributed by atoms with Crippen molar-refractivity contribution in [3.63, 3.8) is 0 Å². The van der Waals surface area contributed by atoms with Gasteiger partial charge in [-0.2, -0.15) is 5.26 Å². The summed E-state index contributed by atoms with van der Waals surface area (Å²) in [6, 6.07) is 2.60. The molecule has 0 radical (unpaired) electrons.